The van der Waals surface area contributed by atoms with Gasteiger partial charge in [0.2, 0.25) is 5.69 Å². The van der Waals surface area contributed by atoms with Crippen LogP contribution in [0.1, 0.15) is 15.2 Å². The van der Waals surface area contributed by atoms with E-state index in [-0.39, 0.29) is 5.56 Å². The number of rotatable bonds is 2. The Labute approximate surface area is 126 Å². The van der Waals surface area contributed by atoms with Crippen LogP contribution in [-0.4, -0.2) is 8.07 Å². The van der Waals surface area contributed by atoms with Gasteiger partial charge in [-0.1, -0.05) is 31.8 Å². The minimum atomic E-state index is -2.43. The molecule has 0 spiro atoms. The molecule has 0 aliphatic heterocycles. The molecule has 0 radical (unpaired) electrons. The summed E-state index contributed by atoms with van der Waals surface area (Å²) in [6, 6.07) is 6.85. The molecule has 1 heterocycles. The van der Waals surface area contributed by atoms with E-state index in [1.165, 1.54) is 17.3 Å². The van der Waals surface area contributed by atoms with Crippen molar-refractivity contribution in [2.45, 2.75) is 33.4 Å². The van der Waals surface area contributed by atoms with Crippen LogP contribution < -0.4 is 9.75 Å². The van der Waals surface area contributed by atoms with Crippen molar-refractivity contribution in [3.05, 3.63) is 47.4 Å². The molecule has 0 aliphatic carbocycles. The predicted octanol–water partition coefficient (Wildman–Crippen LogP) is 3.48. The lowest BCUT2D eigenvalue weighted by atomic mass is 10.0. The highest BCUT2D eigenvalue weighted by atomic mass is 28.3. The SMILES string of the molecule is [2H]C([2H])([2H])c1cc(C)c(-c2ccc([Si](C)(C)C)c[n+]2C)cc1F. The Hall–Kier alpha value is -1.48. The van der Waals surface area contributed by atoms with Gasteiger partial charge in [-0.25, -0.2) is 8.96 Å². The largest absolute Gasteiger partial charge is 0.212 e. The zero-order valence-corrected chi connectivity index (χ0v) is 13.7. The quantitative estimate of drug-likeness (QED) is 0.589. The van der Waals surface area contributed by atoms with Gasteiger partial charge in [0.25, 0.3) is 0 Å². The molecule has 0 unspecified atom stereocenters. The Morgan fingerprint density at radius 3 is 2.40 bits per heavy atom. The Bertz CT molecular complexity index is 749. The average Bonchev–Trinajstić information content (AvgIpc) is 2.39. The van der Waals surface area contributed by atoms with E-state index < -0.39 is 20.7 Å². The van der Waals surface area contributed by atoms with Gasteiger partial charge < -0.3 is 0 Å². The fourth-order valence-electron chi connectivity index (χ4n) is 2.29. The van der Waals surface area contributed by atoms with E-state index in [0.29, 0.717) is 0 Å². The second-order valence-corrected chi connectivity index (χ2v) is 11.4. The molecule has 0 N–H and O–H groups in total. The number of hydrogen-bond donors (Lipinski definition) is 0. The molecular weight excluding hydrogens is 265 g/mol. The van der Waals surface area contributed by atoms with E-state index >= 15 is 0 Å². The first-order chi connectivity index (χ1) is 10.4. The summed E-state index contributed by atoms with van der Waals surface area (Å²) in [5, 5.41) is 1.32. The lowest BCUT2D eigenvalue weighted by Crippen LogP contribution is -2.45. The second-order valence-electron chi connectivity index (χ2n) is 6.31. The molecule has 0 saturated heterocycles. The van der Waals surface area contributed by atoms with Crippen LogP contribution in [0.2, 0.25) is 19.6 Å². The monoisotopic (exact) mass is 291 g/mol. The maximum absolute atomic E-state index is 14.2. The lowest BCUT2D eigenvalue weighted by Gasteiger charge is -2.15. The molecule has 0 bridgehead atoms. The number of benzene rings is 1. The van der Waals surface area contributed by atoms with Crippen LogP contribution in [0.5, 0.6) is 0 Å². The molecule has 0 fully saturated rings. The smallest absolute Gasteiger partial charge is 0.207 e. The summed E-state index contributed by atoms with van der Waals surface area (Å²) in [5.41, 5.74) is 2.13. The Balaban J connectivity index is 2.58. The van der Waals surface area contributed by atoms with E-state index in [0.717, 1.165) is 16.8 Å². The number of hydrogen-bond acceptors (Lipinski definition) is 0. The van der Waals surface area contributed by atoms with E-state index in [9.17, 15) is 4.39 Å². The van der Waals surface area contributed by atoms with Crippen molar-refractivity contribution >= 4 is 13.3 Å². The van der Waals surface area contributed by atoms with Crippen LogP contribution in [0.25, 0.3) is 11.3 Å². The summed E-state index contributed by atoms with van der Waals surface area (Å²) in [6.07, 6.45) is 2.09. The third kappa shape index (κ3) is 2.83. The zero-order chi connectivity index (χ0) is 17.6. The molecule has 3 heteroatoms. The Morgan fingerprint density at radius 1 is 1.15 bits per heavy atom. The number of pyridine rings is 1. The Kier molecular flexibility index (Phi) is 2.88. The highest BCUT2D eigenvalue weighted by Gasteiger charge is 2.22. The minimum Gasteiger partial charge on any atom is -0.207 e. The van der Waals surface area contributed by atoms with Gasteiger partial charge in [0.1, 0.15) is 12.9 Å². The first-order valence-electron chi connectivity index (χ1n) is 8.22. The number of aryl methyl sites for hydroxylation is 3. The average molecular weight is 291 g/mol. The third-order valence-corrected chi connectivity index (χ3v) is 5.62. The van der Waals surface area contributed by atoms with E-state index in [2.05, 4.69) is 31.9 Å². The van der Waals surface area contributed by atoms with Gasteiger partial charge in [0.15, 0.2) is 6.20 Å². The van der Waals surface area contributed by atoms with Crippen molar-refractivity contribution in [1.29, 1.82) is 0 Å². The van der Waals surface area contributed by atoms with Gasteiger partial charge in [-0.05, 0) is 31.0 Å². The van der Waals surface area contributed by atoms with Crippen molar-refractivity contribution in [1.82, 2.24) is 0 Å². The molecule has 1 nitrogen and oxygen atoms in total. The third-order valence-electron chi connectivity index (χ3n) is 3.59. The number of halogens is 1. The van der Waals surface area contributed by atoms with Crippen molar-refractivity contribution in [3.63, 3.8) is 0 Å². The highest BCUT2D eigenvalue weighted by molar-refractivity contribution is 6.88. The molecule has 0 saturated carbocycles. The van der Waals surface area contributed by atoms with Crippen molar-refractivity contribution in [3.8, 4) is 11.3 Å². The summed E-state index contributed by atoms with van der Waals surface area (Å²) < 4.78 is 38.5. The molecule has 0 amide bonds. The molecule has 1 aromatic heterocycles. The first kappa shape index (κ1) is 11.2. The number of nitrogens with zero attached hydrogens (tertiary/aromatic N) is 1. The van der Waals surface area contributed by atoms with Gasteiger partial charge in [0, 0.05) is 15.4 Å². The zero-order valence-electron chi connectivity index (χ0n) is 15.7. The van der Waals surface area contributed by atoms with Crippen LogP contribution in [-0.2, 0) is 7.05 Å². The highest BCUT2D eigenvalue weighted by Crippen LogP contribution is 2.23. The molecule has 0 atom stereocenters. The standard InChI is InChI=1S/C17H23FNSi/c1-12-9-13(2)16(18)10-15(12)17-8-7-14(11-19(17)3)20(4,5)6/h7-11H,1-6H3/q+1/i2D3. The van der Waals surface area contributed by atoms with Gasteiger partial charge in [-0.3, -0.25) is 0 Å². The maximum atomic E-state index is 14.2. The molecular formula is C17H23FNSi+. The number of aromatic nitrogens is 1. The summed E-state index contributed by atoms with van der Waals surface area (Å²) in [6.45, 7) is 6.21. The predicted molar refractivity (Wildman–Crippen MR) is 85.5 cm³/mol. The molecule has 1 aromatic carbocycles. The van der Waals surface area contributed by atoms with E-state index in [1.54, 1.807) is 0 Å². The van der Waals surface area contributed by atoms with E-state index in [1.807, 2.05) is 24.6 Å². The lowest BCUT2D eigenvalue weighted by molar-refractivity contribution is -0.659. The molecule has 0 aliphatic rings. The van der Waals surface area contributed by atoms with Crippen LogP contribution in [0, 0.1) is 19.6 Å². The summed E-state index contributed by atoms with van der Waals surface area (Å²) in [5.74, 6) is -0.681. The summed E-state index contributed by atoms with van der Waals surface area (Å²) in [4.78, 5) is 0. The fourth-order valence-corrected chi connectivity index (χ4v) is 3.45. The maximum Gasteiger partial charge on any atom is 0.212 e. The topological polar surface area (TPSA) is 3.88 Å². The second kappa shape index (κ2) is 5.13. The normalized spacial score (nSPS) is 14.6. The van der Waals surface area contributed by atoms with Crippen molar-refractivity contribution < 1.29 is 13.1 Å². The molecule has 2 rings (SSSR count). The Morgan fingerprint density at radius 2 is 1.85 bits per heavy atom. The van der Waals surface area contributed by atoms with Gasteiger partial charge in [-0.2, -0.15) is 0 Å². The van der Waals surface area contributed by atoms with E-state index in [4.69, 9.17) is 4.11 Å². The summed E-state index contributed by atoms with van der Waals surface area (Å²) in [7, 11) is 0.522. The fraction of sp³-hybridized carbons (Fsp3) is 0.353. The first-order valence-corrected chi connectivity index (χ1v) is 10.2. The molecule has 2 aromatic rings. The molecule has 20 heavy (non-hydrogen) atoms. The minimum absolute atomic E-state index is 0.222. The van der Waals surface area contributed by atoms with Gasteiger partial charge in [0.05, 0.1) is 13.6 Å². The van der Waals surface area contributed by atoms with Crippen LogP contribution in [0.15, 0.2) is 30.5 Å². The summed E-state index contributed by atoms with van der Waals surface area (Å²) >= 11 is 0. The molecule has 106 valence electrons. The van der Waals surface area contributed by atoms with Crippen LogP contribution >= 0.6 is 0 Å². The van der Waals surface area contributed by atoms with Crippen molar-refractivity contribution in [2.75, 3.05) is 0 Å². The van der Waals surface area contributed by atoms with Gasteiger partial charge >= 0.3 is 0 Å². The van der Waals surface area contributed by atoms with Crippen molar-refractivity contribution in [2.24, 2.45) is 7.05 Å². The van der Waals surface area contributed by atoms with Gasteiger partial charge in [-0.15, -0.1) is 0 Å². The van der Waals surface area contributed by atoms with Crippen LogP contribution in [0.4, 0.5) is 4.39 Å². The van der Waals surface area contributed by atoms with Crippen LogP contribution in [0.3, 0.4) is 0 Å².